The normalized spacial score (nSPS) is 8.30. The van der Waals surface area contributed by atoms with Crippen LogP contribution >= 0.6 is 0 Å². The summed E-state index contributed by atoms with van der Waals surface area (Å²) in [5.41, 5.74) is 9.89. The average Bonchev–Trinajstić information content (AvgIpc) is 1.92. The lowest BCUT2D eigenvalue weighted by Gasteiger charge is -1.80. The van der Waals surface area contributed by atoms with Gasteiger partial charge in [0, 0.05) is 6.21 Å². The van der Waals surface area contributed by atoms with Gasteiger partial charge in [0.15, 0.2) is 0 Å². The number of guanidine groups is 1. The Labute approximate surface area is 62.0 Å². The number of hydrogen-bond acceptors (Lipinski definition) is 2. The smallest absolute Gasteiger partial charge is 0.211 e. The zero-order valence-corrected chi connectivity index (χ0v) is 6.83. The van der Waals surface area contributed by atoms with Gasteiger partial charge in [-0.25, -0.2) is 0 Å². The van der Waals surface area contributed by atoms with Crippen LogP contribution in [0, 0.1) is 0 Å². The standard InChI is InChI=1S/C4H10N4.C2H6/c1-2-3-7-8-4(5)6;1-2/h3H,2H2,1H3,(H4,5,6,8);1-2H3/b7-3+;. The molecule has 4 heteroatoms. The highest BCUT2D eigenvalue weighted by atomic mass is 15.3. The van der Waals surface area contributed by atoms with Gasteiger partial charge in [-0.15, -0.1) is 5.10 Å². The molecule has 0 atom stereocenters. The third-order valence-corrected chi connectivity index (χ3v) is 0.437. The van der Waals surface area contributed by atoms with E-state index < -0.39 is 0 Å². The number of nitrogens with zero attached hydrogens (tertiary/aromatic N) is 2. The molecule has 0 saturated carbocycles. The van der Waals surface area contributed by atoms with Crippen molar-refractivity contribution in [3.8, 4) is 0 Å². The first kappa shape index (κ1) is 11.7. The second-order valence-corrected chi connectivity index (χ2v) is 1.23. The van der Waals surface area contributed by atoms with Gasteiger partial charge >= 0.3 is 0 Å². The van der Waals surface area contributed by atoms with Crippen LogP contribution in [0.5, 0.6) is 0 Å². The molecule has 4 N–H and O–H groups in total. The highest BCUT2D eigenvalue weighted by Gasteiger charge is 1.70. The molecule has 0 aromatic rings. The van der Waals surface area contributed by atoms with Gasteiger partial charge in [-0.3, -0.25) is 0 Å². The summed E-state index contributed by atoms with van der Waals surface area (Å²) in [6, 6.07) is 0. The molecule has 0 unspecified atom stereocenters. The van der Waals surface area contributed by atoms with E-state index in [9.17, 15) is 0 Å². The maximum absolute atomic E-state index is 4.95. The van der Waals surface area contributed by atoms with Gasteiger partial charge < -0.3 is 11.5 Å². The van der Waals surface area contributed by atoms with Crippen molar-refractivity contribution < 1.29 is 0 Å². The van der Waals surface area contributed by atoms with Crippen molar-refractivity contribution in [1.29, 1.82) is 0 Å². The second kappa shape index (κ2) is 10.8. The van der Waals surface area contributed by atoms with Crippen molar-refractivity contribution in [2.75, 3.05) is 0 Å². The van der Waals surface area contributed by atoms with E-state index in [0.717, 1.165) is 6.42 Å². The third kappa shape index (κ3) is 15.8. The Kier molecular flexibility index (Phi) is 12.7. The molecular weight excluding hydrogens is 128 g/mol. The first-order chi connectivity index (χ1) is 4.77. The molecule has 0 aliphatic carbocycles. The van der Waals surface area contributed by atoms with Crippen LogP contribution in [0.2, 0.25) is 0 Å². The van der Waals surface area contributed by atoms with E-state index in [1.807, 2.05) is 20.8 Å². The van der Waals surface area contributed by atoms with Gasteiger partial charge in [0.1, 0.15) is 0 Å². The summed E-state index contributed by atoms with van der Waals surface area (Å²) in [7, 11) is 0. The minimum atomic E-state index is -0.00491. The summed E-state index contributed by atoms with van der Waals surface area (Å²) in [5, 5.41) is 6.86. The van der Waals surface area contributed by atoms with Crippen LogP contribution in [0.4, 0.5) is 0 Å². The molecule has 0 fully saturated rings. The molecule has 0 aromatic heterocycles. The minimum absolute atomic E-state index is 0.00491. The summed E-state index contributed by atoms with van der Waals surface area (Å²) >= 11 is 0. The molecule has 0 spiro atoms. The first-order valence-corrected chi connectivity index (χ1v) is 3.37. The van der Waals surface area contributed by atoms with Crippen molar-refractivity contribution in [2.45, 2.75) is 27.2 Å². The summed E-state index contributed by atoms with van der Waals surface area (Å²) in [6.45, 7) is 5.95. The van der Waals surface area contributed by atoms with Gasteiger partial charge in [-0.1, -0.05) is 20.8 Å². The summed E-state index contributed by atoms with van der Waals surface area (Å²) in [6.07, 6.45) is 2.47. The molecular formula is C6H16N4. The molecule has 10 heavy (non-hydrogen) atoms. The third-order valence-electron chi connectivity index (χ3n) is 0.437. The number of hydrogen-bond donors (Lipinski definition) is 2. The Balaban J connectivity index is 0. The minimum Gasteiger partial charge on any atom is -0.369 e. The van der Waals surface area contributed by atoms with E-state index in [-0.39, 0.29) is 5.96 Å². The molecule has 0 radical (unpaired) electrons. The lowest BCUT2D eigenvalue weighted by atomic mass is 10.6. The van der Waals surface area contributed by atoms with Gasteiger partial charge in [-0.2, -0.15) is 5.10 Å². The summed E-state index contributed by atoms with van der Waals surface area (Å²) in [5.74, 6) is -0.00491. The number of nitrogens with two attached hydrogens (primary N) is 2. The molecule has 0 amide bonds. The molecule has 0 rings (SSSR count). The van der Waals surface area contributed by atoms with E-state index in [1.54, 1.807) is 6.21 Å². The fourth-order valence-electron chi connectivity index (χ4n) is 0.189. The largest absolute Gasteiger partial charge is 0.369 e. The molecule has 0 saturated heterocycles. The van der Waals surface area contributed by atoms with Crippen molar-refractivity contribution in [3.05, 3.63) is 0 Å². The zero-order chi connectivity index (χ0) is 8.41. The Morgan fingerprint density at radius 3 is 2.20 bits per heavy atom. The molecule has 0 aromatic carbocycles. The maximum Gasteiger partial charge on any atom is 0.211 e. The van der Waals surface area contributed by atoms with E-state index in [2.05, 4.69) is 10.2 Å². The molecule has 0 heterocycles. The average molecular weight is 144 g/mol. The zero-order valence-electron chi connectivity index (χ0n) is 6.83. The Hall–Kier alpha value is -1.06. The van der Waals surface area contributed by atoms with Crippen LogP contribution in [0.15, 0.2) is 10.2 Å². The Morgan fingerprint density at radius 2 is 1.90 bits per heavy atom. The summed E-state index contributed by atoms with van der Waals surface area (Å²) < 4.78 is 0. The maximum atomic E-state index is 4.95. The van der Waals surface area contributed by atoms with E-state index >= 15 is 0 Å². The SMILES string of the molecule is CC.CC/C=N/N=C(N)N. The van der Waals surface area contributed by atoms with Gasteiger partial charge in [0.2, 0.25) is 5.96 Å². The van der Waals surface area contributed by atoms with E-state index in [4.69, 9.17) is 11.5 Å². The Morgan fingerprint density at radius 1 is 1.40 bits per heavy atom. The topological polar surface area (TPSA) is 76.8 Å². The van der Waals surface area contributed by atoms with Crippen molar-refractivity contribution >= 4 is 12.2 Å². The molecule has 0 aliphatic heterocycles. The fourth-order valence-corrected chi connectivity index (χ4v) is 0.189. The van der Waals surface area contributed by atoms with E-state index in [1.165, 1.54) is 0 Å². The van der Waals surface area contributed by atoms with Crippen molar-refractivity contribution in [2.24, 2.45) is 21.7 Å². The fraction of sp³-hybridized carbons (Fsp3) is 0.667. The van der Waals surface area contributed by atoms with Crippen LogP contribution < -0.4 is 11.5 Å². The lowest BCUT2D eigenvalue weighted by molar-refractivity contribution is 1.18. The summed E-state index contributed by atoms with van der Waals surface area (Å²) in [4.78, 5) is 0. The van der Waals surface area contributed by atoms with Crippen molar-refractivity contribution in [1.82, 2.24) is 0 Å². The number of rotatable bonds is 2. The van der Waals surface area contributed by atoms with Crippen molar-refractivity contribution in [3.63, 3.8) is 0 Å². The molecule has 0 bridgehead atoms. The lowest BCUT2D eigenvalue weighted by Crippen LogP contribution is -2.21. The monoisotopic (exact) mass is 144 g/mol. The quantitative estimate of drug-likeness (QED) is 0.339. The van der Waals surface area contributed by atoms with E-state index in [0.29, 0.717) is 0 Å². The second-order valence-electron chi connectivity index (χ2n) is 1.23. The van der Waals surface area contributed by atoms with Gasteiger partial charge in [-0.05, 0) is 6.42 Å². The molecule has 0 aliphatic rings. The highest BCUT2D eigenvalue weighted by molar-refractivity contribution is 5.76. The molecule has 4 nitrogen and oxygen atoms in total. The predicted octanol–water partition coefficient (Wildman–Crippen LogP) is 0.682. The Bertz CT molecular complexity index is 102. The first-order valence-electron chi connectivity index (χ1n) is 3.37. The van der Waals surface area contributed by atoms with Crippen LogP contribution in [0.1, 0.15) is 27.2 Å². The molecule has 60 valence electrons. The van der Waals surface area contributed by atoms with Crippen LogP contribution in [-0.4, -0.2) is 12.2 Å². The van der Waals surface area contributed by atoms with Crippen LogP contribution in [0.25, 0.3) is 0 Å². The van der Waals surface area contributed by atoms with Crippen LogP contribution in [-0.2, 0) is 0 Å². The van der Waals surface area contributed by atoms with Gasteiger partial charge in [0.05, 0.1) is 0 Å². The highest BCUT2D eigenvalue weighted by Crippen LogP contribution is 1.69. The van der Waals surface area contributed by atoms with Gasteiger partial charge in [0.25, 0.3) is 0 Å². The van der Waals surface area contributed by atoms with Crippen LogP contribution in [0.3, 0.4) is 0 Å². The predicted molar refractivity (Wildman–Crippen MR) is 45.9 cm³/mol.